The number of nitrogens with zero attached hydrogens (tertiary/aromatic N) is 2. The molecule has 2 aromatic carbocycles. The van der Waals surface area contributed by atoms with Crippen LogP contribution < -0.4 is 4.90 Å². The number of pyridine rings is 1. The van der Waals surface area contributed by atoms with Crippen LogP contribution in [-0.4, -0.2) is 17.4 Å². The SMILES string of the molecule is CCN(C(=O)c1cccc2ncccc12)c1ccccc1. The Balaban J connectivity index is 2.07. The molecule has 104 valence electrons. The van der Waals surface area contributed by atoms with Crippen molar-refractivity contribution >= 4 is 22.5 Å². The molecule has 0 aliphatic rings. The van der Waals surface area contributed by atoms with Gasteiger partial charge in [-0.3, -0.25) is 9.78 Å². The molecule has 0 saturated carbocycles. The van der Waals surface area contributed by atoms with E-state index in [0.717, 1.165) is 16.6 Å². The quantitative estimate of drug-likeness (QED) is 0.727. The molecule has 0 atom stereocenters. The molecule has 1 amide bonds. The molecule has 1 aromatic heterocycles. The van der Waals surface area contributed by atoms with E-state index in [0.29, 0.717) is 12.1 Å². The van der Waals surface area contributed by atoms with Crippen molar-refractivity contribution in [2.75, 3.05) is 11.4 Å². The second kappa shape index (κ2) is 5.75. The first-order chi connectivity index (χ1) is 10.3. The number of carbonyl (C=O) groups excluding carboxylic acids is 1. The number of anilines is 1. The number of para-hydroxylation sites is 1. The topological polar surface area (TPSA) is 33.2 Å². The van der Waals surface area contributed by atoms with Crippen molar-refractivity contribution in [3.8, 4) is 0 Å². The van der Waals surface area contributed by atoms with Crippen LogP contribution in [0.1, 0.15) is 17.3 Å². The fraction of sp³-hybridized carbons (Fsp3) is 0.111. The van der Waals surface area contributed by atoms with Gasteiger partial charge in [0.1, 0.15) is 0 Å². The zero-order valence-electron chi connectivity index (χ0n) is 11.9. The van der Waals surface area contributed by atoms with Crippen LogP contribution in [0, 0.1) is 0 Å². The van der Waals surface area contributed by atoms with Gasteiger partial charge in [-0.15, -0.1) is 0 Å². The molecule has 0 saturated heterocycles. The Bertz CT molecular complexity index is 763. The second-order valence-electron chi connectivity index (χ2n) is 4.76. The van der Waals surface area contributed by atoms with E-state index in [1.807, 2.05) is 67.6 Å². The third kappa shape index (κ3) is 2.50. The lowest BCUT2D eigenvalue weighted by atomic mass is 10.1. The molecule has 0 unspecified atom stereocenters. The lowest BCUT2D eigenvalue weighted by Gasteiger charge is -2.21. The highest BCUT2D eigenvalue weighted by Crippen LogP contribution is 2.21. The fourth-order valence-corrected chi connectivity index (χ4v) is 2.49. The van der Waals surface area contributed by atoms with Gasteiger partial charge in [-0.2, -0.15) is 0 Å². The Labute approximate surface area is 123 Å². The molecule has 3 rings (SSSR count). The number of amides is 1. The molecule has 1 heterocycles. The predicted molar refractivity (Wildman–Crippen MR) is 85.5 cm³/mol. The minimum Gasteiger partial charge on any atom is -0.309 e. The van der Waals surface area contributed by atoms with Gasteiger partial charge in [0, 0.05) is 29.4 Å². The standard InChI is InChI=1S/C18H16N2O/c1-2-20(14-8-4-3-5-9-14)18(21)16-10-6-12-17-15(16)11-7-13-19-17/h3-13H,2H2,1H3. The van der Waals surface area contributed by atoms with Crippen LogP contribution in [0.4, 0.5) is 5.69 Å². The molecule has 0 aliphatic heterocycles. The molecule has 0 spiro atoms. The van der Waals surface area contributed by atoms with Crippen LogP contribution in [0.3, 0.4) is 0 Å². The summed E-state index contributed by atoms with van der Waals surface area (Å²) in [5.74, 6) is 0.00213. The predicted octanol–water partition coefficient (Wildman–Crippen LogP) is 3.90. The van der Waals surface area contributed by atoms with Crippen molar-refractivity contribution in [3.63, 3.8) is 0 Å². The van der Waals surface area contributed by atoms with Crippen LogP contribution in [0.15, 0.2) is 66.9 Å². The Morgan fingerprint density at radius 3 is 2.57 bits per heavy atom. The molecule has 3 nitrogen and oxygen atoms in total. The lowest BCUT2D eigenvalue weighted by Crippen LogP contribution is -2.30. The summed E-state index contributed by atoms with van der Waals surface area (Å²) < 4.78 is 0. The van der Waals surface area contributed by atoms with E-state index in [2.05, 4.69) is 4.98 Å². The number of hydrogen-bond acceptors (Lipinski definition) is 2. The van der Waals surface area contributed by atoms with Crippen LogP contribution in [-0.2, 0) is 0 Å². The van der Waals surface area contributed by atoms with E-state index >= 15 is 0 Å². The Morgan fingerprint density at radius 1 is 1.00 bits per heavy atom. The summed E-state index contributed by atoms with van der Waals surface area (Å²) in [6.45, 7) is 2.60. The van der Waals surface area contributed by atoms with E-state index < -0.39 is 0 Å². The highest BCUT2D eigenvalue weighted by atomic mass is 16.2. The molecule has 3 aromatic rings. The first kappa shape index (κ1) is 13.3. The van der Waals surface area contributed by atoms with Gasteiger partial charge in [-0.1, -0.05) is 30.3 Å². The first-order valence-corrected chi connectivity index (χ1v) is 7.02. The largest absolute Gasteiger partial charge is 0.309 e. The molecule has 0 radical (unpaired) electrons. The van der Waals surface area contributed by atoms with E-state index in [-0.39, 0.29) is 5.91 Å². The van der Waals surface area contributed by atoms with Crippen LogP contribution in [0.5, 0.6) is 0 Å². The number of aromatic nitrogens is 1. The van der Waals surface area contributed by atoms with E-state index in [4.69, 9.17) is 0 Å². The van der Waals surface area contributed by atoms with Crippen LogP contribution in [0.25, 0.3) is 10.9 Å². The summed E-state index contributed by atoms with van der Waals surface area (Å²) in [6.07, 6.45) is 1.74. The van der Waals surface area contributed by atoms with Crippen molar-refractivity contribution in [2.24, 2.45) is 0 Å². The maximum atomic E-state index is 12.9. The van der Waals surface area contributed by atoms with Gasteiger partial charge in [0.2, 0.25) is 0 Å². The zero-order valence-corrected chi connectivity index (χ0v) is 11.9. The van der Waals surface area contributed by atoms with Gasteiger partial charge >= 0.3 is 0 Å². The van der Waals surface area contributed by atoms with Crippen molar-refractivity contribution in [1.29, 1.82) is 0 Å². The van der Waals surface area contributed by atoms with Crippen LogP contribution >= 0.6 is 0 Å². The summed E-state index contributed by atoms with van der Waals surface area (Å²) in [7, 11) is 0. The van der Waals surface area contributed by atoms with Crippen molar-refractivity contribution in [2.45, 2.75) is 6.92 Å². The normalized spacial score (nSPS) is 10.5. The van der Waals surface area contributed by atoms with E-state index in [9.17, 15) is 4.79 Å². The molecule has 0 bridgehead atoms. The van der Waals surface area contributed by atoms with Gasteiger partial charge in [-0.25, -0.2) is 0 Å². The minimum atomic E-state index is 0.00213. The highest BCUT2D eigenvalue weighted by molar-refractivity contribution is 6.13. The average Bonchev–Trinajstić information content (AvgIpc) is 2.56. The van der Waals surface area contributed by atoms with E-state index in [1.54, 1.807) is 11.1 Å². The number of hydrogen-bond donors (Lipinski definition) is 0. The summed E-state index contributed by atoms with van der Waals surface area (Å²) in [6, 6.07) is 19.2. The molecule has 0 aliphatic carbocycles. The Hall–Kier alpha value is -2.68. The molecule has 3 heteroatoms. The first-order valence-electron chi connectivity index (χ1n) is 7.02. The molecular weight excluding hydrogens is 260 g/mol. The van der Waals surface area contributed by atoms with E-state index in [1.165, 1.54) is 0 Å². The fourth-order valence-electron chi connectivity index (χ4n) is 2.49. The van der Waals surface area contributed by atoms with Gasteiger partial charge in [0.25, 0.3) is 5.91 Å². The zero-order chi connectivity index (χ0) is 14.7. The van der Waals surface area contributed by atoms with Gasteiger partial charge in [0.05, 0.1) is 5.52 Å². The summed E-state index contributed by atoms with van der Waals surface area (Å²) in [5, 5.41) is 0.888. The third-order valence-electron chi connectivity index (χ3n) is 3.51. The highest BCUT2D eigenvalue weighted by Gasteiger charge is 2.18. The molecular formula is C18H16N2O. The average molecular weight is 276 g/mol. The minimum absolute atomic E-state index is 0.00213. The maximum absolute atomic E-state index is 12.9. The van der Waals surface area contributed by atoms with Gasteiger partial charge < -0.3 is 4.90 Å². The number of carbonyl (C=O) groups is 1. The summed E-state index contributed by atoms with van der Waals surface area (Å²) in [4.78, 5) is 19.0. The number of rotatable bonds is 3. The lowest BCUT2D eigenvalue weighted by molar-refractivity contribution is 0.0990. The summed E-state index contributed by atoms with van der Waals surface area (Å²) >= 11 is 0. The number of fused-ring (bicyclic) bond motifs is 1. The van der Waals surface area contributed by atoms with Crippen molar-refractivity contribution in [3.05, 3.63) is 72.4 Å². The van der Waals surface area contributed by atoms with Crippen molar-refractivity contribution in [1.82, 2.24) is 4.98 Å². The van der Waals surface area contributed by atoms with Gasteiger partial charge in [-0.05, 0) is 37.3 Å². The molecule has 0 fully saturated rings. The summed E-state index contributed by atoms with van der Waals surface area (Å²) in [5.41, 5.74) is 2.43. The Kier molecular flexibility index (Phi) is 3.65. The Morgan fingerprint density at radius 2 is 1.81 bits per heavy atom. The maximum Gasteiger partial charge on any atom is 0.258 e. The van der Waals surface area contributed by atoms with Crippen LogP contribution in [0.2, 0.25) is 0 Å². The number of benzene rings is 2. The molecule has 21 heavy (non-hydrogen) atoms. The third-order valence-corrected chi connectivity index (χ3v) is 3.51. The second-order valence-corrected chi connectivity index (χ2v) is 4.76. The monoisotopic (exact) mass is 276 g/mol. The van der Waals surface area contributed by atoms with Gasteiger partial charge in [0.15, 0.2) is 0 Å². The van der Waals surface area contributed by atoms with Crippen molar-refractivity contribution < 1.29 is 4.79 Å². The molecule has 0 N–H and O–H groups in total. The smallest absolute Gasteiger partial charge is 0.258 e.